The summed E-state index contributed by atoms with van der Waals surface area (Å²) in [6, 6.07) is 66.6. The van der Waals surface area contributed by atoms with Crippen LogP contribution in [0.2, 0.25) is 0 Å². The van der Waals surface area contributed by atoms with Gasteiger partial charge in [0.1, 0.15) is 0 Å². The Morgan fingerprint density at radius 2 is 0.982 bits per heavy atom. The molecule has 3 heteroatoms. The molecular weight excluding hydrogens is 667 g/mol. The van der Waals surface area contributed by atoms with Gasteiger partial charge >= 0.3 is 0 Å². The molecule has 11 rings (SSSR count). The van der Waals surface area contributed by atoms with Crippen molar-refractivity contribution in [3.63, 3.8) is 0 Å². The quantitative estimate of drug-likeness (QED) is 0.171. The summed E-state index contributed by atoms with van der Waals surface area (Å²) in [4.78, 5) is 14.4. The van der Waals surface area contributed by atoms with Gasteiger partial charge in [0.25, 0.3) is 0 Å². The highest BCUT2D eigenvalue weighted by Crippen LogP contribution is 2.64. The highest BCUT2D eigenvalue weighted by Gasteiger charge is 2.52. The molecular formula is C52H31N3. The minimum absolute atomic E-state index is 0.530. The third-order valence-corrected chi connectivity index (χ3v) is 11.5. The highest BCUT2D eigenvalue weighted by molar-refractivity contribution is 5.99. The van der Waals surface area contributed by atoms with Crippen molar-refractivity contribution < 1.29 is 0 Å². The van der Waals surface area contributed by atoms with Crippen LogP contribution < -0.4 is 0 Å². The molecule has 0 N–H and O–H groups in total. The van der Waals surface area contributed by atoms with Crippen molar-refractivity contribution in [2.45, 2.75) is 5.41 Å². The summed E-state index contributed by atoms with van der Waals surface area (Å²) in [5.41, 5.74) is 16.7. The second kappa shape index (κ2) is 12.1. The maximum Gasteiger partial charge on any atom is 0.195 e. The zero-order valence-corrected chi connectivity index (χ0v) is 29.7. The topological polar surface area (TPSA) is 30.1 Å². The Morgan fingerprint density at radius 3 is 1.76 bits per heavy atom. The Hall–Kier alpha value is -7.41. The van der Waals surface area contributed by atoms with Crippen LogP contribution in [0.15, 0.2) is 188 Å². The minimum atomic E-state index is -0.530. The molecule has 1 aromatic heterocycles. The van der Waals surface area contributed by atoms with E-state index < -0.39 is 5.41 Å². The lowest BCUT2D eigenvalue weighted by Crippen LogP contribution is -2.25. The molecule has 0 bridgehead atoms. The lowest BCUT2D eigenvalue weighted by molar-refractivity contribution is 0.794. The monoisotopic (exact) mass is 697 g/mol. The molecule has 55 heavy (non-hydrogen) atoms. The first-order valence-corrected chi connectivity index (χ1v) is 18.6. The van der Waals surface area contributed by atoms with Crippen molar-refractivity contribution in [2.24, 2.45) is 0 Å². The molecule has 2 aliphatic rings. The van der Waals surface area contributed by atoms with E-state index in [0.29, 0.717) is 11.5 Å². The van der Waals surface area contributed by atoms with Gasteiger partial charge in [-0.3, -0.25) is 0 Å². The summed E-state index contributed by atoms with van der Waals surface area (Å²) in [6.07, 6.45) is 0. The molecule has 1 spiro atoms. The van der Waals surface area contributed by atoms with E-state index in [-0.39, 0.29) is 0 Å². The molecule has 254 valence electrons. The van der Waals surface area contributed by atoms with E-state index >= 15 is 0 Å². The van der Waals surface area contributed by atoms with Gasteiger partial charge in [-0.1, -0.05) is 164 Å². The molecule has 0 unspecified atom stereocenters. The summed E-state index contributed by atoms with van der Waals surface area (Å²) in [7, 11) is 0. The Balaban J connectivity index is 1.10. The molecule has 0 saturated carbocycles. The van der Waals surface area contributed by atoms with Crippen molar-refractivity contribution in [3.8, 4) is 67.3 Å². The molecule has 0 aliphatic heterocycles. The van der Waals surface area contributed by atoms with E-state index in [1.54, 1.807) is 0 Å². The fraction of sp³-hybridized carbons (Fsp3) is 0.0192. The van der Waals surface area contributed by atoms with Crippen LogP contribution in [0.1, 0.15) is 22.3 Å². The Bertz CT molecular complexity index is 3020. The molecule has 8 aromatic carbocycles. The molecule has 0 radical (unpaired) electrons. The fourth-order valence-electron chi connectivity index (χ4n) is 9.11. The predicted octanol–water partition coefficient (Wildman–Crippen LogP) is 13.2. The van der Waals surface area contributed by atoms with E-state index in [0.717, 1.165) is 55.7 Å². The van der Waals surface area contributed by atoms with Crippen molar-refractivity contribution >= 4 is 16.5 Å². The third-order valence-electron chi connectivity index (χ3n) is 11.5. The third kappa shape index (κ3) is 4.62. The van der Waals surface area contributed by atoms with Gasteiger partial charge in [0.05, 0.1) is 23.4 Å². The second-order valence-electron chi connectivity index (χ2n) is 14.4. The van der Waals surface area contributed by atoms with Gasteiger partial charge in [-0.25, -0.2) is 14.8 Å². The van der Waals surface area contributed by atoms with Crippen LogP contribution in [-0.4, -0.2) is 9.97 Å². The first-order valence-electron chi connectivity index (χ1n) is 18.6. The van der Waals surface area contributed by atoms with E-state index in [9.17, 15) is 0 Å². The van der Waals surface area contributed by atoms with Crippen molar-refractivity contribution in [2.75, 3.05) is 0 Å². The van der Waals surface area contributed by atoms with E-state index in [1.165, 1.54) is 38.8 Å². The molecule has 1 heterocycles. The number of benzene rings is 8. The average molecular weight is 698 g/mol. The lowest BCUT2D eigenvalue weighted by atomic mass is 9.70. The normalized spacial score (nSPS) is 12.9. The molecule has 2 aliphatic carbocycles. The zero-order valence-electron chi connectivity index (χ0n) is 29.7. The minimum Gasteiger partial charge on any atom is -0.238 e. The van der Waals surface area contributed by atoms with Gasteiger partial charge in [0, 0.05) is 16.7 Å². The largest absolute Gasteiger partial charge is 0.238 e. The van der Waals surface area contributed by atoms with Crippen LogP contribution in [0.5, 0.6) is 0 Å². The fourth-order valence-corrected chi connectivity index (χ4v) is 9.11. The summed E-state index contributed by atoms with van der Waals surface area (Å²) in [6.45, 7) is 8.18. The lowest BCUT2D eigenvalue weighted by Gasteiger charge is -2.31. The summed E-state index contributed by atoms with van der Waals surface area (Å²) < 4.78 is 0. The number of hydrogen-bond donors (Lipinski definition) is 0. The van der Waals surface area contributed by atoms with Gasteiger partial charge in [-0.15, -0.1) is 0 Å². The van der Waals surface area contributed by atoms with Crippen molar-refractivity contribution in [3.05, 3.63) is 222 Å². The average Bonchev–Trinajstić information content (AvgIpc) is 3.73. The Morgan fingerprint density at radius 1 is 0.382 bits per heavy atom. The van der Waals surface area contributed by atoms with E-state index in [4.69, 9.17) is 16.5 Å². The molecule has 0 fully saturated rings. The maximum absolute atomic E-state index is 8.18. The number of aromatic nitrogens is 2. The predicted molar refractivity (Wildman–Crippen MR) is 224 cm³/mol. The summed E-state index contributed by atoms with van der Waals surface area (Å²) in [5, 5.41) is 2.34. The standard InChI is InChI=1S/C52H31N3/c1-53-47-24-12-23-45-50(47)42-28-27-37(31-46(42)52(45)43-21-9-7-19-40(43)41-20-8-10-22-44(41)52)36-17-11-18-38(29-36)49-32-48(34-14-3-2-4-15-34)54-51(55-49)39-26-25-33-13-5-6-16-35(33)30-39/h2-32H. The number of nitrogens with zero attached hydrogens (tertiary/aromatic N) is 3. The van der Waals surface area contributed by atoms with Gasteiger partial charge in [-0.2, -0.15) is 0 Å². The van der Waals surface area contributed by atoms with Gasteiger partial charge < -0.3 is 0 Å². The van der Waals surface area contributed by atoms with Crippen LogP contribution in [0, 0.1) is 6.57 Å². The molecule has 0 atom stereocenters. The van der Waals surface area contributed by atoms with Gasteiger partial charge in [0.15, 0.2) is 11.5 Å². The number of fused-ring (bicyclic) bond motifs is 11. The highest BCUT2D eigenvalue weighted by atomic mass is 14.9. The first-order chi connectivity index (χ1) is 27.2. The van der Waals surface area contributed by atoms with Crippen LogP contribution in [0.3, 0.4) is 0 Å². The van der Waals surface area contributed by atoms with Crippen LogP contribution in [0.25, 0.3) is 82.9 Å². The zero-order chi connectivity index (χ0) is 36.5. The van der Waals surface area contributed by atoms with E-state index in [1.807, 2.05) is 18.2 Å². The van der Waals surface area contributed by atoms with E-state index in [2.05, 4.69) is 175 Å². The summed E-state index contributed by atoms with van der Waals surface area (Å²) in [5.74, 6) is 0.693. The van der Waals surface area contributed by atoms with Gasteiger partial charge in [0.2, 0.25) is 0 Å². The van der Waals surface area contributed by atoms with Crippen molar-refractivity contribution in [1.82, 2.24) is 9.97 Å². The maximum atomic E-state index is 8.18. The Kier molecular flexibility index (Phi) is 6.83. The SMILES string of the molecule is [C-]#[N+]c1cccc2c1-c1ccc(-c3cccc(-c4cc(-c5ccccc5)nc(-c5ccc6ccccc6c5)n4)c3)cc1C21c2ccccc2-c2ccccc21. The molecule has 3 nitrogen and oxygen atoms in total. The van der Waals surface area contributed by atoms with Crippen molar-refractivity contribution in [1.29, 1.82) is 0 Å². The molecule has 0 amide bonds. The molecule has 0 saturated heterocycles. The first kappa shape index (κ1) is 31.1. The van der Waals surface area contributed by atoms with Gasteiger partial charge in [-0.05, 0) is 90.7 Å². The number of rotatable bonds is 4. The van der Waals surface area contributed by atoms with Crippen LogP contribution >= 0.6 is 0 Å². The summed E-state index contributed by atoms with van der Waals surface area (Å²) >= 11 is 0. The smallest absolute Gasteiger partial charge is 0.195 e. The Labute approximate surface area is 319 Å². The van der Waals surface area contributed by atoms with Crippen LogP contribution in [-0.2, 0) is 5.41 Å². The number of hydrogen-bond acceptors (Lipinski definition) is 2. The second-order valence-corrected chi connectivity index (χ2v) is 14.4. The molecule has 9 aromatic rings. The van der Waals surface area contributed by atoms with Crippen LogP contribution in [0.4, 0.5) is 5.69 Å².